The van der Waals surface area contributed by atoms with Crippen LogP contribution in [0.5, 0.6) is 0 Å². The zero-order valence-corrected chi connectivity index (χ0v) is 13.7. The monoisotopic (exact) mass is 272 g/mol. The van der Waals surface area contributed by atoms with Crippen LogP contribution in [0.4, 0.5) is 0 Å². The summed E-state index contributed by atoms with van der Waals surface area (Å²) < 4.78 is 5.97. The Kier molecular flexibility index (Phi) is 2.37. The molecule has 0 N–H and O–H groups in total. The standard InChI is InChI=1S/C19H28O/c1-12-15-9-14-11-18(14,4)10-13(15)8-16(20-5)17(2,3)19(12)6-7-19/h10,14,16H,6-9,11H2,1-5H3/t14-,16-,18?/m1/s1. The van der Waals surface area contributed by atoms with Gasteiger partial charge in [-0.2, -0.15) is 0 Å². The van der Waals surface area contributed by atoms with Crippen molar-refractivity contribution in [2.45, 2.75) is 65.9 Å². The van der Waals surface area contributed by atoms with E-state index in [1.54, 1.807) is 16.7 Å². The van der Waals surface area contributed by atoms with E-state index >= 15 is 0 Å². The molecule has 3 atom stereocenters. The van der Waals surface area contributed by atoms with Crippen LogP contribution in [0.25, 0.3) is 0 Å². The van der Waals surface area contributed by atoms with Gasteiger partial charge in [0.25, 0.3) is 0 Å². The molecule has 4 aliphatic rings. The molecule has 0 heterocycles. The van der Waals surface area contributed by atoms with Gasteiger partial charge in [0.1, 0.15) is 0 Å². The molecule has 1 unspecified atom stereocenters. The van der Waals surface area contributed by atoms with Crippen LogP contribution >= 0.6 is 0 Å². The molecule has 0 amide bonds. The van der Waals surface area contributed by atoms with Gasteiger partial charge in [0.15, 0.2) is 0 Å². The third-order valence-electron chi connectivity index (χ3n) is 7.45. The van der Waals surface area contributed by atoms with Crippen molar-refractivity contribution in [1.82, 2.24) is 0 Å². The highest BCUT2D eigenvalue weighted by molar-refractivity contribution is 5.49. The van der Waals surface area contributed by atoms with Crippen molar-refractivity contribution in [2.24, 2.45) is 22.2 Å². The number of ether oxygens (including phenoxy) is 1. The zero-order valence-electron chi connectivity index (χ0n) is 13.7. The van der Waals surface area contributed by atoms with Gasteiger partial charge in [-0.3, -0.25) is 0 Å². The van der Waals surface area contributed by atoms with Crippen molar-refractivity contribution in [3.8, 4) is 0 Å². The summed E-state index contributed by atoms with van der Waals surface area (Å²) >= 11 is 0. The minimum absolute atomic E-state index is 0.266. The molecule has 0 aromatic carbocycles. The van der Waals surface area contributed by atoms with Crippen LogP contribution in [0, 0.1) is 22.2 Å². The van der Waals surface area contributed by atoms with Crippen molar-refractivity contribution in [2.75, 3.05) is 7.11 Å². The van der Waals surface area contributed by atoms with Gasteiger partial charge in [0.05, 0.1) is 6.10 Å². The summed E-state index contributed by atoms with van der Waals surface area (Å²) in [7, 11) is 1.91. The molecule has 0 saturated heterocycles. The average Bonchev–Trinajstić information content (AvgIpc) is 3.26. The Bertz CT molecular complexity index is 532. The molecule has 2 saturated carbocycles. The lowest BCUT2D eigenvalue weighted by molar-refractivity contribution is -0.0230. The highest BCUT2D eigenvalue weighted by Gasteiger charge is 2.62. The summed E-state index contributed by atoms with van der Waals surface area (Å²) in [6.45, 7) is 9.76. The topological polar surface area (TPSA) is 9.23 Å². The molecule has 4 rings (SSSR count). The molecular formula is C19H28O. The van der Waals surface area contributed by atoms with E-state index < -0.39 is 0 Å². The Morgan fingerprint density at radius 3 is 2.45 bits per heavy atom. The highest BCUT2D eigenvalue weighted by Crippen LogP contribution is 2.70. The molecule has 0 aliphatic heterocycles. The van der Waals surface area contributed by atoms with Gasteiger partial charge in [0, 0.05) is 12.5 Å². The lowest BCUT2D eigenvalue weighted by Gasteiger charge is -2.40. The molecule has 2 fully saturated rings. The fourth-order valence-corrected chi connectivity index (χ4v) is 5.45. The Morgan fingerprint density at radius 2 is 1.85 bits per heavy atom. The molecule has 4 aliphatic carbocycles. The van der Waals surface area contributed by atoms with Gasteiger partial charge >= 0.3 is 0 Å². The lowest BCUT2D eigenvalue weighted by atomic mass is 9.68. The molecule has 0 bridgehead atoms. The summed E-state index contributed by atoms with van der Waals surface area (Å²) in [5, 5.41) is 0. The SMILES string of the molecule is CO[C@@H]1CC2=CC3(C)C[C@H]3CC2=C(C)C2(CC2)C1(C)C. The molecular weight excluding hydrogens is 244 g/mol. The first kappa shape index (κ1) is 13.1. The number of methoxy groups -OCH3 is 1. The van der Waals surface area contributed by atoms with E-state index in [1.165, 1.54) is 25.7 Å². The number of rotatable bonds is 1. The minimum atomic E-state index is 0.266. The Balaban J connectivity index is 1.87. The van der Waals surface area contributed by atoms with E-state index in [4.69, 9.17) is 4.74 Å². The van der Waals surface area contributed by atoms with Gasteiger partial charge in [-0.15, -0.1) is 0 Å². The zero-order chi connectivity index (χ0) is 14.3. The maximum Gasteiger partial charge on any atom is 0.0670 e. The molecule has 20 heavy (non-hydrogen) atoms. The Hall–Kier alpha value is -0.560. The summed E-state index contributed by atoms with van der Waals surface area (Å²) in [6, 6.07) is 0. The number of fused-ring (bicyclic) bond motifs is 2. The van der Waals surface area contributed by atoms with Crippen molar-refractivity contribution in [3.05, 3.63) is 22.8 Å². The molecule has 1 nitrogen and oxygen atoms in total. The Morgan fingerprint density at radius 1 is 1.15 bits per heavy atom. The molecule has 0 aromatic heterocycles. The van der Waals surface area contributed by atoms with Gasteiger partial charge in [-0.25, -0.2) is 0 Å². The quantitative estimate of drug-likeness (QED) is 0.660. The second-order valence-electron chi connectivity index (χ2n) is 8.62. The van der Waals surface area contributed by atoms with E-state index in [2.05, 4.69) is 33.8 Å². The van der Waals surface area contributed by atoms with Crippen LogP contribution in [0.2, 0.25) is 0 Å². The maximum absolute atomic E-state index is 5.97. The second-order valence-corrected chi connectivity index (χ2v) is 8.62. The second kappa shape index (κ2) is 3.61. The first-order valence-corrected chi connectivity index (χ1v) is 8.29. The summed E-state index contributed by atoms with van der Waals surface area (Å²) in [4.78, 5) is 0. The minimum Gasteiger partial charge on any atom is -0.381 e. The predicted octanol–water partition coefficient (Wildman–Crippen LogP) is 4.88. The van der Waals surface area contributed by atoms with Crippen molar-refractivity contribution in [3.63, 3.8) is 0 Å². The molecule has 1 spiro atoms. The van der Waals surface area contributed by atoms with Gasteiger partial charge in [0.2, 0.25) is 0 Å². The number of hydrogen-bond donors (Lipinski definition) is 0. The predicted molar refractivity (Wildman–Crippen MR) is 82.5 cm³/mol. The Labute approximate surface area is 123 Å². The van der Waals surface area contributed by atoms with Crippen LogP contribution in [0.3, 0.4) is 0 Å². The average molecular weight is 272 g/mol. The normalized spacial score (nSPS) is 43.5. The summed E-state index contributed by atoms with van der Waals surface area (Å²) in [5.74, 6) is 0.925. The third-order valence-corrected chi connectivity index (χ3v) is 7.45. The summed E-state index contributed by atoms with van der Waals surface area (Å²) in [5.41, 5.74) is 6.27. The smallest absolute Gasteiger partial charge is 0.0670 e. The van der Waals surface area contributed by atoms with Crippen molar-refractivity contribution in [1.29, 1.82) is 0 Å². The van der Waals surface area contributed by atoms with Gasteiger partial charge < -0.3 is 4.74 Å². The summed E-state index contributed by atoms with van der Waals surface area (Å²) in [6.07, 6.45) is 9.57. The van der Waals surface area contributed by atoms with Crippen molar-refractivity contribution < 1.29 is 4.74 Å². The van der Waals surface area contributed by atoms with Crippen molar-refractivity contribution >= 4 is 0 Å². The molecule has 0 aromatic rings. The van der Waals surface area contributed by atoms with Crippen LogP contribution in [-0.4, -0.2) is 13.2 Å². The van der Waals surface area contributed by atoms with E-state index in [9.17, 15) is 0 Å². The van der Waals surface area contributed by atoms with Crippen LogP contribution in [0.15, 0.2) is 22.8 Å². The number of hydrogen-bond acceptors (Lipinski definition) is 1. The maximum atomic E-state index is 5.97. The van der Waals surface area contributed by atoms with Gasteiger partial charge in [-0.05, 0) is 66.9 Å². The molecule has 110 valence electrons. The highest BCUT2D eigenvalue weighted by atomic mass is 16.5. The lowest BCUT2D eigenvalue weighted by Crippen LogP contribution is -2.39. The number of allylic oxidation sites excluding steroid dienone is 3. The van der Waals surface area contributed by atoms with Crippen LogP contribution in [0.1, 0.15) is 59.8 Å². The fraction of sp³-hybridized carbons (Fsp3) is 0.789. The molecule has 0 radical (unpaired) electrons. The van der Waals surface area contributed by atoms with E-state index in [-0.39, 0.29) is 5.41 Å². The van der Waals surface area contributed by atoms with E-state index in [1.807, 2.05) is 7.11 Å². The van der Waals surface area contributed by atoms with Crippen LogP contribution < -0.4 is 0 Å². The van der Waals surface area contributed by atoms with Crippen LogP contribution in [-0.2, 0) is 4.74 Å². The van der Waals surface area contributed by atoms with E-state index in [0.29, 0.717) is 16.9 Å². The third kappa shape index (κ3) is 1.43. The molecule has 1 heteroatoms. The van der Waals surface area contributed by atoms with E-state index in [0.717, 1.165) is 12.3 Å². The largest absolute Gasteiger partial charge is 0.381 e. The first-order valence-electron chi connectivity index (χ1n) is 8.29. The fourth-order valence-electron chi connectivity index (χ4n) is 5.45. The first-order chi connectivity index (χ1) is 9.34. The van der Waals surface area contributed by atoms with Gasteiger partial charge in [-0.1, -0.05) is 32.4 Å².